The summed E-state index contributed by atoms with van der Waals surface area (Å²) in [7, 11) is 1.12. The first-order valence-corrected chi connectivity index (χ1v) is 16.5. The van der Waals surface area contributed by atoms with Crippen molar-refractivity contribution < 1.29 is 33.5 Å². The zero-order chi connectivity index (χ0) is 35.9. The highest BCUT2D eigenvalue weighted by Crippen LogP contribution is 2.13. The number of hydrogen-bond acceptors (Lipinski definition) is 9. The number of likely N-dealkylation sites (tertiary alicyclic amines) is 1. The van der Waals surface area contributed by atoms with E-state index in [1.807, 2.05) is 74.5 Å². The smallest absolute Gasteiger partial charge is 0.396 e. The number of carbonyl (C=O) groups is 6. The van der Waals surface area contributed by atoms with Gasteiger partial charge in [-0.05, 0) is 42.7 Å². The molecule has 4 atom stereocenters. The Kier molecular flexibility index (Phi) is 15.2. The molecule has 266 valence electrons. The minimum atomic E-state index is -1.06. The third-order valence-electron chi connectivity index (χ3n) is 8.25. The van der Waals surface area contributed by atoms with Gasteiger partial charge in [0.25, 0.3) is 0 Å². The monoisotopic (exact) mass is 679 g/mol. The number of hydrogen-bond donors (Lipinski definition) is 6. The summed E-state index contributed by atoms with van der Waals surface area (Å²) in [5.41, 5.74) is 13.8. The Labute approximate surface area is 287 Å². The van der Waals surface area contributed by atoms with Crippen molar-refractivity contribution in [1.82, 2.24) is 26.2 Å². The highest BCUT2D eigenvalue weighted by Gasteiger charge is 2.33. The van der Waals surface area contributed by atoms with E-state index >= 15 is 0 Å². The van der Waals surface area contributed by atoms with Gasteiger partial charge in [0.15, 0.2) is 0 Å². The number of nitrogens with one attached hydrogen (secondary N) is 4. The van der Waals surface area contributed by atoms with E-state index in [0.29, 0.717) is 12.8 Å². The molecular formula is C35H49N7O7. The second-order valence-electron chi connectivity index (χ2n) is 12.6. The Morgan fingerprint density at radius 2 is 1.29 bits per heavy atom. The molecule has 0 saturated carbocycles. The van der Waals surface area contributed by atoms with Crippen molar-refractivity contribution in [2.75, 3.05) is 26.7 Å². The van der Waals surface area contributed by atoms with Crippen molar-refractivity contribution in [2.45, 2.75) is 76.2 Å². The van der Waals surface area contributed by atoms with Gasteiger partial charge < -0.3 is 42.4 Å². The van der Waals surface area contributed by atoms with Crippen molar-refractivity contribution >= 4 is 35.5 Å². The first-order valence-electron chi connectivity index (χ1n) is 16.5. The molecule has 1 heterocycles. The van der Waals surface area contributed by atoms with E-state index in [9.17, 15) is 28.8 Å². The van der Waals surface area contributed by atoms with Crippen LogP contribution in [0.3, 0.4) is 0 Å². The molecule has 2 aromatic rings. The number of carbonyl (C=O) groups excluding carboxylic acids is 6. The fourth-order valence-electron chi connectivity index (χ4n) is 5.57. The van der Waals surface area contributed by atoms with E-state index < -0.39 is 59.7 Å². The molecule has 0 bridgehead atoms. The van der Waals surface area contributed by atoms with Crippen molar-refractivity contribution in [3.63, 3.8) is 0 Å². The van der Waals surface area contributed by atoms with Crippen molar-refractivity contribution in [1.29, 1.82) is 0 Å². The lowest BCUT2D eigenvalue weighted by atomic mass is 10.00. The number of nitrogens with two attached hydrogens (primary N) is 2. The van der Waals surface area contributed by atoms with E-state index in [-0.39, 0.29) is 50.9 Å². The lowest BCUT2D eigenvalue weighted by molar-refractivity contribution is -0.153. The molecule has 14 heteroatoms. The highest BCUT2D eigenvalue weighted by molar-refractivity contribution is 6.32. The van der Waals surface area contributed by atoms with Gasteiger partial charge in [0, 0.05) is 32.1 Å². The minimum absolute atomic E-state index is 0.0104. The first-order chi connectivity index (χ1) is 23.4. The number of piperidine rings is 1. The van der Waals surface area contributed by atoms with Gasteiger partial charge in [-0.1, -0.05) is 74.5 Å². The summed E-state index contributed by atoms with van der Waals surface area (Å²) in [4.78, 5) is 78.7. The minimum Gasteiger partial charge on any atom is -0.462 e. The Hall–Kier alpha value is -4.82. The predicted molar refractivity (Wildman–Crippen MR) is 182 cm³/mol. The molecule has 3 rings (SSSR count). The van der Waals surface area contributed by atoms with Gasteiger partial charge in [0.1, 0.15) is 18.1 Å². The van der Waals surface area contributed by atoms with E-state index in [1.54, 1.807) is 4.90 Å². The largest absolute Gasteiger partial charge is 0.462 e. The van der Waals surface area contributed by atoms with Gasteiger partial charge in [-0.25, -0.2) is 4.79 Å². The topological polar surface area (TPSA) is 215 Å². The van der Waals surface area contributed by atoms with Crippen LogP contribution in [-0.4, -0.2) is 97.4 Å². The van der Waals surface area contributed by atoms with Crippen molar-refractivity contribution in [2.24, 2.45) is 17.4 Å². The Morgan fingerprint density at radius 3 is 1.82 bits per heavy atom. The van der Waals surface area contributed by atoms with E-state index in [4.69, 9.17) is 11.5 Å². The fourth-order valence-corrected chi connectivity index (χ4v) is 5.57. The predicted octanol–water partition coefficient (Wildman–Crippen LogP) is -0.461. The van der Waals surface area contributed by atoms with Gasteiger partial charge in [-0.15, -0.1) is 0 Å². The van der Waals surface area contributed by atoms with Crippen LogP contribution in [0.5, 0.6) is 0 Å². The van der Waals surface area contributed by atoms with Gasteiger partial charge in [0.2, 0.25) is 23.6 Å². The molecule has 0 aromatic heterocycles. The molecule has 2 aromatic carbocycles. The highest BCUT2D eigenvalue weighted by atomic mass is 16.5. The third-order valence-corrected chi connectivity index (χ3v) is 8.25. The van der Waals surface area contributed by atoms with Crippen LogP contribution >= 0.6 is 0 Å². The van der Waals surface area contributed by atoms with Crippen LogP contribution in [0.4, 0.5) is 0 Å². The Balaban J connectivity index is 1.67. The second kappa shape index (κ2) is 19.2. The maximum Gasteiger partial charge on any atom is 0.396 e. The number of benzene rings is 2. The molecule has 0 spiro atoms. The zero-order valence-electron chi connectivity index (χ0n) is 28.4. The molecule has 0 unspecified atom stereocenters. The fraction of sp³-hybridized carbons (Fsp3) is 0.486. The summed E-state index contributed by atoms with van der Waals surface area (Å²) < 4.78 is 4.43. The average molecular weight is 680 g/mol. The van der Waals surface area contributed by atoms with Crippen molar-refractivity contribution in [3.8, 4) is 0 Å². The van der Waals surface area contributed by atoms with E-state index in [1.165, 1.54) is 0 Å². The molecule has 1 saturated heterocycles. The SMILES string of the molecule is COC(=O)C(=O)NC1CCN(C(=O)[C@@H](CN)NC(=O)[C@@H](CC(C)C)NC(=O)[C@@H](Cc2ccccc2)NC(=O)[C@H](N)Cc2ccccc2)CC1. The van der Waals surface area contributed by atoms with Crippen LogP contribution in [0, 0.1) is 5.92 Å². The number of methoxy groups -OCH3 is 1. The number of ether oxygens (including phenoxy) is 1. The molecule has 1 fully saturated rings. The summed E-state index contributed by atoms with van der Waals surface area (Å²) in [5.74, 6) is -3.92. The summed E-state index contributed by atoms with van der Waals surface area (Å²) >= 11 is 0. The normalized spacial score (nSPS) is 15.7. The average Bonchev–Trinajstić information content (AvgIpc) is 3.10. The van der Waals surface area contributed by atoms with E-state index in [0.717, 1.165) is 18.2 Å². The molecule has 5 amide bonds. The zero-order valence-corrected chi connectivity index (χ0v) is 28.4. The first kappa shape index (κ1) is 38.6. The molecule has 14 nitrogen and oxygen atoms in total. The molecule has 49 heavy (non-hydrogen) atoms. The maximum atomic E-state index is 13.8. The Bertz CT molecular complexity index is 1420. The van der Waals surface area contributed by atoms with Crippen molar-refractivity contribution in [3.05, 3.63) is 71.8 Å². The number of esters is 1. The molecule has 1 aliphatic heterocycles. The van der Waals surface area contributed by atoms with Crippen LogP contribution in [-0.2, 0) is 46.3 Å². The van der Waals surface area contributed by atoms with Crippen LogP contribution in [0.25, 0.3) is 0 Å². The summed E-state index contributed by atoms with van der Waals surface area (Å²) in [6, 6.07) is 14.1. The molecule has 1 aliphatic rings. The summed E-state index contributed by atoms with van der Waals surface area (Å²) in [5, 5.41) is 10.9. The summed E-state index contributed by atoms with van der Waals surface area (Å²) in [6.07, 6.45) is 1.49. The standard InChI is InChI=1S/C35H49N7O7/c1-22(2)18-27(31(44)41-29(21-36)34(47)42-16-14-25(15-17-42)38-33(46)35(48)49-3)40-32(45)28(20-24-12-8-5-9-13-24)39-30(43)26(37)19-23-10-6-4-7-11-23/h4-13,22,25-29H,14-21,36-37H2,1-3H3,(H,38,46)(H,39,43)(H,40,45)(H,41,44)/t26-,27-,28-,29-/m1/s1. The van der Waals surface area contributed by atoms with Crippen LogP contribution in [0.1, 0.15) is 44.2 Å². The summed E-state index contributed by atoms with van der Waals surface area (Å²) in [6.45, 7) is 4.16. The maximum absolute atomic E-state index is 13.8. The van der Waals surface area contributed by atoms with Gasteiger partial charge in [-0.2, -0.15) is 0 Å². The van der Waals surface area contributed by atoms with Gasteiger partial charge in [-0.3, -0.25) is 24.0 Å². The van der Waals surface area contributed by atoms with Crippen LogP contribution < -0.4 is 32.7 Å². The second-order valence-corrected chi connectivity index (χ2v) is 12.6. The lowest BCUT2D eigenvalue weighted by Crippen LogP contribution is -2.60. The molecule has 0 aliphatic carbocycles. The van der Waals surface area contributed by atoms with Gasteiger partial charge >= 0.3 is 11.9 Å². The Morgan fingerprint density at radius 1 is 0.776 bits per heavy atom. The lowest BCUT2D eigenvalue weighted by Gasteiger charge is -2.34. The van der Waals surface area contributed by atoms with Crippen LogP contribution in [0.15, 0.2) is 60.7 Å². The number of rotatable bonds is 15. The molecule has 0 radical (unpaired) electrons. The molecule has 8 N–H and O–H groups in total. The third kappa shape index (κ3) is 12.3. The van der Waals surface area contributed by atoms with Gasteiger partial charge in [0.05, 0.1) is 13.2 Å². The number of amides is 5. The quantitative estimate of drug-likeness (QED) is 0.106. The van der Waals surface area contributed by atoms with E-state index in [2.05, 4.69) is 26.0 Å². The number of nitrogens with zero attached hydrogens (tertiary/aromatic N) is 1. The molecular weight excluding hydrogens is 630 g/mol. The van der Waals surface area contributed by atoms with Crippen LogP contribution in [0.2, 0.25) is 0 Å².